The summed E-state index contributed by atoms with van der Waals surface area (Å²) in [6.45, 7) is 41.7. The maximum atomic E-state index is 14.3. The molecule has 0 aromatic heterocycles. The van der Waals surface area contributed by atoms with Gasteiger partial charge in [0.05, 0.1) is 71.9 Å². The van der Waals surface area contributed by atoms with Crippen molar-refractivity contribution in [3.63, 3.8) is 0 Å². The van der Waals surface area contributed by atoms with Crippen LogP contribution in [0.3, 0.4) is 0 Å². The molecule has 110 heavy (non-hydrogen) atoms. The molecule has 6 aliphatic rings. The average Bonchev–Trinajstić information content (AvgIpc) is 0.755. The van der Waals surface area contributed by atoms with Gasteiger partial charge in [-0.15, -0.1) is 0 Å². The highest BCUT2D eigenvalue weighted by Gasteiger charge is 2.61. The Kier molecular flexibility index (Phi) is 37.2. The number of carbonyl (C=O) groups is 2. The predicted octanol–water partition coefficient (Wildman–Crippen LogP) is 3.17. The van der Waals surface area contributed by atoms with Crippen molar-refractivity contribution in [1.29, 1.82) is 0 Å². The predicted molar refractivity (Wildman–Crippen MR) is 414 cm³/mol. The van der Waals surface area contributed by atoms with Gasteiger partial charge < -0.3 is 140 Å². The maximum absolute atomic E-state index is 14.3. The Labute approximate surface area is 657 Å². The maximum Gasteiger partial charge on any atom is 0.311 e. The van der Waals surface area contributed by atoms with Crippen LogP contribution in [0.15, 0.2) is 0 Å². The van der Waals surface area contributed by atoms with Gasteiger partial charge in [-0.3, -0.25) is 9.59 Å². The summed E-state index contributed by atoms with van der Waals surface area (Å²) in [4.78, 5) is 28.6. The molecule has 0 spiro atoms. The van der Waals surface area contributed by atoms with Gasteiger partial charge in [-0.2, -0.15) is 0 Å². The molecule has 0 bridgehead atoms. The molecule has 6 saturated heterocycles. The summed E-state index contributed by atoms with van der Waals surface area (Å²) in [5.74, 6) is -5.33. The minimum absolute atomic E-state index is 0.0932. The van der Waals surface area contributed by atoms with E-state index in [2.05, 4.69) is 31.9 Å². The van der Waals surface area contributed by atoms with E-state index in [0.717, 1.165) is 12.8 Å². The Hall–Kier alpha value is -2.10. The van der Waals surface area contributed by atoms with Gasteiger partial charge in [-0.25, -0.2) is 0 Å². The van der Waals surface area contributed by atoms with E-state index in [9.17, 15) is 60.7 Å². The summed E-state index contributed by atoms with van der Waals surface area (Å²) in [5.41, 5.74) is -11.9. The number of methoxy groups -OCH3 is 2. The molecule has 0 aromatic rings. The van der Waals surface area contributed by atoms with Crippen molar-refractivity contribution in [3.05, 3.63) is 0 Å². The Bertz CT molecular complexity index is 2570. The Morgan fingerprint density at radius 3 is 1.10 bits per heavy atom. The molecular weight excluding hydrogens is 1430 g/mol. The Morgan fingerprint density at radius 1 is 0.482 bits per heavy atom. The van der Waals surface area contributed by atoms with Crippen molar-refractivity contribution in [2.24, 2.45) is 35.5 Å². The van der Waals surface area contributed by atoms with Crippen LogP contribution in [0, 0.1) is 35.5 Å². The molecule has 0 radical (unpaired) electrons. The van der Waals surface area contributed by atoms with Crippen molar-refractivity contribution >= 4 is 11.9 Å². The Balaban J connectivity index is 0.000000394. The molecule has 36 atom stereocenters. The lowest BCUT2D eigenvalue weighted by Gasteiger charge is -2.53. The monoisotopic (exact) mass is 1580 g/mol. The summed E-state index contributed by atoms with van der Waals surface area (Å²) in [5, 5.41) is 137. The number of cyclic esters (lactones) is 2. The first-order valence-electron chi connectivity index (χ1n) is 41.1. The summed E-state index contributed by atoms with van der Waals surface area (Å²) in [7, 11) is 6.59. The van der Waals surface area contributed by atoms with Crippen molar-refractivity contribution in [2.45, 2.75) is 396 Å². The largest absolute Gasteiger partial charge is 0.459 e. The Morgan fingerprint density at radius 2 is 0.809 bits per heavy atom. The summed E-state index contributed by atoms with van der Waals surface area (Å²) < 4.78 is 76.2. The molecule has 6 aliphatic heterocycles. The third-order valence-corrected chi connectivity index (χ3v) is 25.5. The second-order valence-corrected chi connectivity index (χ2v) is 35.1. The van der Waals surface area contributed by atoms with Gasteiger partial charge in [0.25, 0.3) is 0 Å². The first-order chi connectivity index (χ1) is 51.1. The molecule has 6 fully saturated rings. The third-order valence-electron chi connectivity index (χ3n) is 25.5. The van der Waals surface area contributed by atoms with Gasteiger partial charge in [-0.1, -0.05) is 55.4 Å². The number of hydrogen-bond donors (Lipinski definition) is 16. The van der Waals surface area contributed by atoms with E-state index < -0.39 is 191 Å². The van der Waals surface area contributed by atoms with E-state index in [1.165, 1.54) is 28.1 Å². The number of aliphatic hydroxyl groups excluding tert-OH is 4. The zero-order chi connectivity index (χ0) is 83.4. The van der Waals surface area contributed by atoms with Crippen LogP contribution in [-0.4, -0.2) is 310 Å². The van der Waals surface area contributed by atoms with Crippen molar-refractivity contribution in [3.8, 4) is 0 Å². The fourth-order valence-electron chi connectivity index (χ4n) is 18.0. The molecular formula is C80H154N6O24. The molecule has 0 amide bonds. The number of hydrogen-bond acceptors (Lipinski definition) is 30. The van der Waals surface area contributed by atoms with Crippen LogP contribution in [-0.2, 0) is 66.4 Å². The van der Waals surface area contributed by atoms with Crippen molar-refractivity contribution < 1.29 is 117 Å². The number of carbonyl (C=O) groups excluding carboxylic acids is 2. The standard InChI is InChI=1S/2C40H77N3O12/c2*1-14-16-42-21-40(49)27(8)52-30(19-38(40,10)50-13)54-32-24(5)34(55-36-31(44)28(41-12)17-23(4)51-36)37(9,47)18-22(3)20-43-26(7)33(45)39(11,48)29(15-2)53-35(46)25(32)6/h2*22-34,36,41-45,47-49H,14-21H2,1-13H3/t2*22-,23-,24+,25-,26-,27+,28+,29-,30+,31-,32+,33-,34-,36+,37-,38-,39-,40+/m11/s1. The second kappa shape index (κ2) is 41.5. The van der Waals surface area contributed by atoms with E-state index >= 15 is 0 Å². The lowest BCUT2D eigenvalue weighted by atomic mass is 9.75. The van der Waals surface area contributed by atoms with Crippen molar-refractivity contribution in [2.75, 3.05) is 67.6 Å². The molecule has 0 unspecified atom stereocenters. The molecule has 30 nitrogen and oxygen atoms in total. The minimum atomic E-state index is -1.81. The normalized spacial score (nSPS) is 48.4. The van der Waals surface area contributed by atoms with Crippen molar-refractivity contribution in [1.82, 2.24) is 31.9 Å². The quantitative estimate of drug-likeness (QED) is 0.0547. The highest BCUT2D eigenvalue weighted by atomic mass is 16.7. The smallest absolute Gasteiger partial charge is 0.311 e. The van der Waals surface area contributed by atoms with Crippen LogP contribution >= 0.6 is 0 Å². The number of rotatable bonds is 22. The van der Waals surface area contributed by atoms with E-state index in [-0.39, 0.29) is 87.7 Å². The zero-order valence-electron chi connectivity index (χ0n) is 71.7. The SMILES string of the molecule is CCCNC[C@]1(O)[C@H](C)O[C@@H](O[C@H]2[C@H](C)[C@@H](O[C@@H]3O[C@H](C)C[C@H](NC)[C@H]3O)[C@](C)(O)C[C@@H](C)CN[C@H](C)[C@@H](O)[C@](C)(O)[C@@H](CC)OC(=O)[C@@H]2C)C[C@@]1(C)OC.CCCNC[C@]1(O)[C@H](C)O[C@@H](O[C@H]2[C@H](C)[C@@H](O[C@@H]3O[C@H](C)C[C@H](NC)[C@H]3O)[C@](C)(O)C[C@@H](C)CN[C@H](C)[C@@H](O)[C@](C)(O)[C@@H](CC)OC(=O)[C@@H]2C)C[C@@]1(C)OC. The first-order valence-corrected chi connectivity index (χ1v) is 41.1. The second-order valence-electron chi connectivity index (χ2n) is 35.1. The minimum Gasteiger partial charge on any atom is -0.459 e. The average molecular weight is 1580 g/mol. The third kappa shape index (κ3) is 23.2. The van der Waals surface area contributed by atoms with Gasteiger partial charge in [0.2, 0.25) is 0 Å². The van der Waals surface area contributed by atoms with E-state index in [0.29, 0.717) is 39.0 Å². The number of nitrogens with one attached hydrogen (secondary N) is 6. The van der Waals surface area contributed by atoms with Crippen LogP contribution in [0.5, 0.6) is 0 Å². The van der Waals surface area contributed by atoms with Gasteiger partial charge in [0.15, 0.2) is 25.2 Å². The summed E-state index contributed by atoms with van der Waals surface area (Å²) in [6.07, 6.45) is -13.5. The number of aliphatic hydroxyl groups is 10. The fraction of sp³-hybridized carbons (Fsp3) is 0.975. The highest BCUT2D eigenvalue weighted by Crippen LogP contribution is 2.46. The first kappa shape index (κ1) is 98.5. The molecule has 0 saturated carbocycles. The molecule has 0 aromatic carbocycles. The molecule has 648 valence electrons. The molecule has 0 aliphatic carbocycles. The number of ether oxygens (including phenoxy) is 12. The van der Waals surface area contributed by atoms with Gasteiger partial charge in [-0.05, 0) is 200 Å². The number of likely N-dealkylation sites (N-methyl/N-ethyl adjacent to an activating group) is 2. The van der Waals surface area contributed by atoms with E-state index in [1.807, 2.05) is 55.4 Å². The molecule has 6 rings (SSSR count). The highest BCUT2D eigenvalue weighted by molar-refractivity contribution is 5.73. The van der Waals surface area contributed by atoms with Gasteiger partial charge in [0, 0.05) is 76.2 Å². The lowest BCUT2D eigenvalue weighted by Crippen LogP contribution is -2.70. The van der Waals surface area contributed by atoms with E-state index in [1.54, 1.807) is 97.2 Å². The van der Waals surface area contributed by atoms with E-state index in [4.69, 9.17) is 56.8 Å². The van der Waals surface area contributed by atoms with Crippen LogP contribution in [0.1, 0.15) is 217 Å². The molecule has 30 heteroatoms. The van der Waals surface area contributed by atoms with Gasteiger partial charge >= 0.3 is 11.9 Å². The summed E-state index contributed by atoms with van der Waals surface area (Å²) >= 11 is 0. The topological polar surface area (TPSA) is 419 Å². The van der Waals surface area contributed by atoms with Crippen LogP contribution in [0.25, 0.3) is 0 Å². The zero-order valence-corrected chi connectivity index (χ0v) is 71.7. The molecule has 16 N–H and O–H groups in total. The summed E-state index contributed by atoms with van der Waals surface area (Å²) in [6, 6.07) is -1.86. The fourth-order valence-corrected chi connectivity index (χ4v) is 18.0. The lowest BCUT2D eigenvalue weighted by molar-refractivity contribution is -0.336. The number of esters is 2. The van der Waals surface area contributed by atoms with Crippen LogP contribution < -0.4 is 31.9 Å². The molecule has 6 heterocycles. The van der Waals surface area contributed by atoms with Crippen LogP contribution in [0.4, 0.5) is 0 Å². The van der Waals surface area contributed by atoms with Crippen LogP contribution in [0.2, 0.25) is 0 Å². The van der Waals surface area contributed by atoms with Gasteiger partial charge in [0.1, 0.15) is 70.2 Å².